The normalized spacial score (nSPS) is 12.5. The second kappa shape index (κ2) is 8.18. The summed E-state index contributed by atoms with van der Waals surface area (Å²) in [5.41, 5.74) is 9.53. The Morgan fingerprint density at radius 2 is 2.00 bits per heavy atom. The number of rotatable bonds is 8. The van der Waals surface area contributed by atoms with E-state index in [0.717, 1.165) is 38.1 Å². The molecule has 1 aromatic rings. The van der Waals surface area contributed by atoms with Gasteiger partial charge in [-0.1, -0.05) is 17.7 Å². The molecule has 0 radical (unpaired) electrons. The summed E-state index contributed by atoms with van der Waals surface area (Å²) >= 11 is 0. The third-order valence-corrected chi connectivity index (χ3v) is 3.28. The third kappa shape index (κ3) is 5.62. The van der Waals surface area contributed by atoms with Gasteiger partial charge in [0.05, 0.1) is 7.11 Å². The molecule has 0 heterocycles. The highest BCUT2D eigenvalue weighted by Crippen LogP contribution is 2.25. The van der Waals surface area contributed by atoms with Crippen LogP contribution < -0.4 is 15.8 Å². The van der Waals surface area contributed by atoms with E-state index in [9.17, 15) is 0 Å². The van der Waals surface area contributed by atoms with Crippen molar-refractivity contribution in [3.8, 4) is 5.75 Å². The number of nitrogens with two attached hydrogens (primary N) is 1. The number of benzene rings is 1. The molecule has 0 bridgehead atoms. The van der Waals surface area contributed by atoms with Crippen molar-refractivity contribution in [3.05, 3.63) is 28.8 Å². The van der Waals surface area contributed by atoms with Crippen molar-refractivity contribution >= 4 is 0 Å². The monoisotopic (exact) mass is 264 g/mol. The average Bonchev–Trinajstić information content (AvgIpc) is 2.32. The summed E-state index contributed by atoms with van der Waals surface area (Å²) in [7, 11) is 1.75. The van der Waals surface area contributed by atoms with Crippen LogP contribution in [0.25, 0.3) is 0 Å². The van der Waals surface area contributed by atoms with E-state index < -0.39 is 0 Å². The van der Waals surface area contributed by atoms with Crippen LogP contribution in [0.4, 0.5) is 0 Å². The van der Waals surface area contributed by atoms with E-state index in [1.165, 1.54) is 16.7 Å². The number of methoxy groups -OCH3 is 1. The molecule has 0 aromatic heterocycles. The lowest BCUT2D eigenvalue weighted by Gasteiger charge is -2.13. The van der Waals surface area contributed by atoms with E-state index in [2.05, 4.69) is 38.2 Å². The number of aryl methyl sites for hydroxylation is 2. The van der Waals surface area contributed by atoms with E-state index in [0.29, 0.717) is 6.04 Å². The quantitative estimate of drug-likeness (QED) is 0.709. The lowest BCUT2D eigenvalue weighted by Crippen LogP contribution is -2.22. The number of ether oxygens (including phenoxy) is 1. The van der Waals surface area contributed by atoms with Gasteiger partial charge in [0, 0.05) is 6.04 Å². The Labute approximate surface area is 117 Å². The fourth-order valence-electron chi connectivity index (χ4n) is 2.42. The summed E-state index contributed by atoms with van der Waals surface area (Å²) < 4.78 is 5.50. The Hall–Kier alpha value is -1.06. The van der Waals surface area contributed by atoms with Crippen molar-refractivity contribution in [2.45, 2.75) is 46.1 Å². The molecule has 0 aliphatic carbocycles. The molecule has 1 unspecified atom stereocenters. The highest BCUT2D eigenvalue weighted by molar-refractivity contribution is 5.43. The largest absolute Gasteiger partial charge is 0.496 e. The van der Waals surface area contributed by atoms with E-state index in [-0.39, 0.29) is 0 Å². The molecule has 0 aliphatic heterocycles. The van der Waals surface area contributed by atoms with Crippen molar-refractivity contribution in [2.75, 3.05) is 20.2 Å². The first-order valence-corrected chi connectivity index (χ1v) is 7.15. The smallest absolute Gasteiger partial charge is 0.125 e. The minimum Gasteiger partial charge on any atom is -0.496 e. The summed E-state index contributed by atoms with van der Waals surface area (Å²) in [6, 6.07) is 4.69. The van der Waals surface area contributed by atoms with E-state index >= 15 is 0 Å². The summed E-state index contributed by atoms with van der Waals surface area (Å²) in [4.78, 5) is 0. The maximum Gasteiger partial charge on any atom is 0.125 e. The van der Waals surface area contributed by atoms with Gasteiger partial charge in [-0.2, -0.15) is 0 Å². The Bertz CT molecular complexity index is 389. The van der Waals surface area contributed by atoms with Gasteiger partial charge >= 0.3 is 0 Å². The molecule has 1 aromatic carbocycles. The van der Waals surface area contributed by atoms with Crippen molar-refractivity contribution in [1.82, 2.24) is 5.32 Å². The Morgan fingerprint density at radius 1 is 1.26 bits per heavy atom. The molecule has 0 saturated heterocycles. The van der Waals surface area contributed by atoms with Crippen LogP contribution in [-0.2, 0) is 6.42 Å². The molecule has 0 aliphatic rings. The van der Waals surface area contributed by atoms with Crippen LogP contribution in [0.1, 0.15) is 36.5 Å². The molecule has 3 heteroatoms. The molecule has 108 valence electrons. The standard InChI is InChI=1S/C16H28N2O/c1-12-10-13(2)16(19-4)15(11-12)7-9-18-8-5-6-14(3)17/h10-11,14,18H,5-9,17H2,1-4H3. The lowest BCUT2D eigenvalue weighted by molar-refractivity contribution is 0.405. The maximum absolute atomic E-state index is 5.73. The summed E-state index contributed by atoms with van der Waals surface area (Å²) in [6.45, 7) is 8.31. The summed E-state index contributed by atoms with van der Waals surface area (Å²) in [5, 5.41) is 3.47. The van der Waals surface area contributed by atoms with Crippen LogP contribution >= 0.6 is 0 Å². The number of hydrogen-bond acceptors (Lipinski definition) is 3. The molecule has 0 spiro atoms. The first kappa shape index (κ1) is 16.0. The van der Waals surface area contributed by atoms with Gasteiger partial charge in [-0.05, 0) is 64.3 Å². The van der Waals surface area contributed by atoms with E-state index in [1.54, 1.807) is 7.11 Å². The first-order chi connectivity index (χ1) is 9.04. The fraction of sp³-hybridized carbons (Fsp3) is 0.625. The van der Waals surface area contributed by atoms with Crippen LogP contribution in [0.3, 0.4) is 0 Å². The topological polar surface area (TPSA) is 47.3 Å². The first-order valence-electron chi connectivity index (χ1n) is 7.15. The minimum absolute atomic E-state index is 0.307. The average molecular weight is 264 g/mol. The SMILES string of the molecule is COc1c(C)cc(C)cc1CCNCCCC(C)N. The molecule has 1 rings (SSSR count). The molecular weight excluding hydrogens is 236 g/mol. The van der Waals surface area contributed by atoms with Gasteiger partial charge in [-0.25, -0.2) is 0 Å². The third-order valence-electron chi connectivity index (χ3n) is 3.28. The molecule has 1 atom stereocenters. The van der Waals surface area contributed by atoms with Crippen LogP contribution in [0.15, 0.2) is 12.1 Å². The van der Waals surface area contributed by atoms with Crippen LogP contribution in [0, 0.1) is 13.8 Å². The number of hydrogen-bond donors (Lipinski definition) is 2. The van der Waals surface area contributed by atoms with Crippen molar-refractivity contribution in [2.24, 2.45) is 5.73 Å². The molecule has 0 saturated carbocycles. The van der Waals surface area contributed by atoms with Crippen LogP contribution in [0.5, 0.6) is 5.75 Å². The van der Waals surface area contributed by atoms with Crippen molar-refractivity contribution in [1.29, 1.82) is 0 Å². The fourth-order valence-corrected chi connectivity index (χ4v) is 2.42. The number of nitrogens with one attached hydrogen (secondary N) is 1. The Kier molecular flexibility index (Phi) is 6.89. The van der Waals surface area contributed by atoms with Gasteiger partial charge in [-0.3, -0.25) is 0 Å². The zero-order valence-corrected chi connectivity index (χ0v) is 12.8. The van der Waals surface area contributed by atoms with Crippen LogP contribution in [0.2, 0.25) is 0 Å². The van der Waals surface area contributed by atoms with Crippen molar-refractivity contribution < 1.29 is 4.74 Å². The Balaban J connectivity index is 2.40. The van der Waals surface area contributed by atoms with E-state index in [1.807, 2.05) is 0 Å². The van der Waals surface area contributed by atoms with Gasteiger partial charge in [0.15, 0.2) is 0 Å². The Morgan fingerprint density at radius 3 is 2.63 bits per heavy atom. The minimum atomic E-state index is 0.307. The zero-order chi connectivity index (χ0) is 14.3. The predicted octanol–water partition coefficient (Wildman–Crippen LogP) is 2.57. The van der Waals surface area contributed by atoms with Gasteiger partial charge in [0.25, 0.3) is 0 Å². The highest BCUT2D eigenvalue weighted by Gasteiger charge is 2.07. The molecule has 0 amide bonds. The summed E-state index contributed by atoms with van der Waals surface area (Å²) in [5.74, 6) is 1.03. The lowest BCUT2D eigenvalue weighted by atomic mass is 10.0. The summed E-state index contributed by atoms with van der Waals surface area (Å²) in [6.07, 6.45) is 3.23. The van der Waals surface area contributed by atoms with Gasteiger partial charge < -0.3 is 15.8 Å². The molecular formula is C16H28N2O. The van der Waals surface area contributed by atoms with Gasteiger partial charge in [0.1, 0.15) is 5.75 Å². The van der Waals surface area contributed by atoms with Crippen LogP contribution in [-0.4, -0.2) is 26.2 Å². The molecule has 19 heavy (non-hydrogen) atoms. The molecule has 0 fully saturated rings. The van der Waals surface area contributed by atoms with Gasteiger partial charge in [-0.15, -0.1) is 0 Å². The van der Waals surface area contributed by atoms with Gasteiger partial charge in [0.2, 0.25) is 0 Å². The zero-order valence-electron chi connectivity index (χ0n) is 12.8. The van der Waals surface area contributed by atoms with Crippen molar-refractivity contribution in [3.63, 3.8) is 0 Å². The molecule has 3 nitrogen and oxygen atoms in total. The van der Waals surface area contributed by atoms with E-state index in [4.69, 9.17) is 10.5 Å². The maximum atomic E-state index is 5.73. The highest BCUT2D eigenvalue weighted by atomic mass is 16.5. The second-order valence-corrected chi connectivity index (χ2v) is 5.39. The molecule has 3 N–H and O–H groups in total. The predicted molar refractivity (Wildman–Crippen MR) is 81.9 cm³/mol. The second-order valence-electron chi connectivity index (χ2n) is 5.39.